The van der Waals surface area contributed by atoms with Gasteiger partial charge in [0.25, 0.3) is 0 Å². The summed E-state index contributed by atoms with van der Waals surface area (Å²) in [7, 11) is 0. The molecule has 0 bridgehead atoms. The van der Waals surface area contributed by atoms with Crippen LogP contribution in [0.2, 0.25) is 0 Å². The average molecular weight is 742 g/mol. The van der Waals surface area contributed by atoms with Crippen LogP contribution in [0.5, 0.6) is 0 Å². The lowest BCUT2D eigenvalue weighted by molar-refractivity contribution is -0.136. The summed E-state index contributed by atoms with van der Waals surface area (Å²) in [5.41, 5.74) is 0. The summed E-state index contributed by atoms with van der Waals surface area (Å²) in [6.07, 6.45) is 59.6. The third kappa shape index (κ3) is 42.1. The first-order chi connectivity index (χ1) is 23.7. The molecule has 0 aliphatic carbocycles. The van der Waals surface area contributed by atoms with E-state index in [1.54, 1.807) is 0 Å². The van der Waals surface area contributed by atoms with Gasteiger partial charge in [-0.15, -0.1) is 0 Å². The number of carbonyl (C=O) groups is 1. The van der Waals surface area contributed by atoms with Crippen molar-refractivity contribution in [2.75, 3.05) is 0 Å². The zero-order valence-electron chi connectivity index (χ0n) is 33.0. The summed E-state index contributed by atoms with van der Waals surface area (Å²) in [5, 5.41) is 8.87. The molecule has 0 aliphatic heterocycles. The molecular weight excluding hydrogens is 652 g/mol. The van der Waals surface area contributed by atoms with Crippen molar-refractivity contribution in [3.63, 3.8) is 0 Å². The third-order valence-electron chi connectivity index (χ3n) is 10.8. The largest absolute Gasteiger partial charge is 0.480 e. The molecule has 0 aliphatic rings. The first-order valence-electron chi connectivity index (χ1n) is 22.5. The molecule has 1 N–H and O–H groups in total. The van der Waals surface area contributed by atoms with Gasteiger partial charge in [-0.05, 0) is 6.42 Å². The highest BCUT2D eigenvalue weighted by atomic mass is 79.9. The number of unbranched alkanes of at least 4 members (excludes halogenated alkanes) is 40. The molecule has 2 nitrogen and oxygen atoms in total. The van der Waals surface area contributed by atoms with Crippen molar-refractivity contribution in [3.05, 3.63) is 0 Å². The van der Waals surface area contributed by atoms with Crippen molar-refractivity contribution in [3.8, 4) is 0 Å². The van der Waals surface area contributed by atoms with Gasteiger partial charge in [-0.25, -0.2) is 0 Å². The molecule has 0 rings (SSSR count). The van der Waals surface area contributed by atoms with Crippen molar-refractivity contribution in [1.82, 2.24) is 0 Å². The lowest BCUT2D eigenvalue weighted by atomic mass is 10.0. The van der Waals surface area contributed by atoms with Crippen LogP contribution in [0.4, 0.5) is 0 Å². The van der Waals surface area contributed by atoms with Gasteiger partial charge >= 0.3 is 5.97 Å². The Hall–Kier alpha value is -0.0500. The van der Waals surface area contributed by atoms with E-state index in [0.717, 1.165) is 12.8 Å². The Bertz CT molecular complexity index is 594. The molecule has 0 aromatic heterocycles. The summed E-state index contributed by atoms with van der Waals surface area (Å²) in [6.45, 7) is 2.31. The normalized spacial score (nSPS) is 12.2. The number of carboxylic acids is 1. The summed E-state index contributed by atoms with van der Waals surface area (Å²) < 4.78 is 0. The molecule has 48 heavy (non-hydrogen) atoms. The van der Waals surface area contributed by atoms with Gasteiger partial charge in [0.05, 0.1) is 0 Å². The number of rotatable bonds is 43. The summed E-state index contributed by atoms with van der Waals surface area (Å²) >= 11 is 3.22. The van der Waals surface area contributed by atoms with Gasteiger partial charge in [0.15, 0.2) is 0 Å². The van der Waals surface area contributed by atoms with E-state index in [4.69, 9.17) is 5.11 Å². The van der Waals surface area contributed by atoms with Crippen LogP contribution in [0.3, 0.4) is 0 Å². The van der Waals surface area contributed by atoms with Crippen LogP contribution in [0.1, 0.15) is 277 Å². The molecule has 0 amide bonds. The van der Waals surface area contributed by atoms with Crippen molar-refractivity contribution in [2.45, 2.75) is 281 Å². The van der Waals surface area contributed by atoms with Gasteiger partial charge in [0.1, 0.15) is 4.83 Å². The lowest BCUT2D eigenvalue weighted by Gasteiger charge is -2.05. The Labute approximate surface area is 312 Å². The molecule has 0 aromatic rings. The standard InChI is InChI=1S/C45H89BrO2/c1-2-3-4-5-6-7-8-9-10-11-12-13-14-15-16-17-18-19-20-21-22-23-24-25-26-27-28-29-30-31-32-33-34-35-36-37-38-39-40-41-42-43-44(46)45(47)48/h44H,2-43H2,1H3,(H,47,48). The van der Waals surface area contributed by atoms with Crippen LogP contribution < -0.4 is 0 Å². The van der Waals surface area contributed by atoms with E-state index in [0.29, 0.717) is 0 Å². The fraction of sp³-hybridized carbons (Fsp3) is 0.978. The fourth-order valence-electron chi connectivity index (χ4n) is 7.41. The Morgan fingerprint density at radius 2 is 0.479 bits per heavy atom. The average Bonchev–Trinajstić information content (AvgIpc) is 3.08. The highest BCUT2D eigenvalue weighted by Crippen LogP contribution is 2.18. The Morgan fingerprint density at radius 1 is 0.333 bits per heavy atom. The summed E-state index contributed by atoms with van der Waals surface area (Å²) in [6, 6.07) is 0. The second kappa shape index (κ2) is 43.1. The van der Waals surface area contributed by atoms with Gasteiger partial charge in [-0.3, -0.25) is 4.79 Å². The molecule has 0 fully saturated rings. The van der Waals surface area contributed by atoms with E-state index >= 15 is 0 Å². The van der Waals surface area contributed by atoms with Gasteiger partial charge in [-0.1, -0.05) is 286 Å². The molecule has 0 heterocycles. The number of alkyl halides is 1. The Kier molecular flexibility index (Phi) is 43.1. The van der Waals surface area contributed by atoms with Crippen LogP contribution in [-0.2, 0) is 4.79 Å². The zero-order valence-corrected chi connectivity index (χ0v) is 34.6. The van der Waals surface area contributed by atoms with Crippen LogP contribution in [0.25, 0.3) is 0 Å². The molecule has 0 spiro atoms. The van der Waals surface area contributed by atoms with E-state index in [2.05, 4.69) is 22.9 Å². The minimum Gasteiger partial charge on any atom is -0.480 e. The highest BCUT2D eigenvalue weighted by molar-refractivity contribution is 9.10. The Balaban J connectivity index is 3.06. The summed E-state index contributed by atoms with van der Waals surface area (Å²) in [5.74, 6) is -0.725. The molecule has 3 heteroatoms. The van der Waals surface area contributed by atoms with Gasteiger partial charge in [-0.2, -0.15) is 0 Å². The van der Waals surface area contributed by atoms with Crippen LogP contribution >= 0.6 is 15.9 Å². The van der Waals surface area contributed by atoms with Crippen molar-refractivity contribution in [1.29, 1.82) is 0 Å². The van der Waals surface area contributed by atoms with Gasteiger partial charge in [0, 0.05) is 0 Å². The smallest absolute Gasteiger partial charge is 0.317 e. The fourth-order valence-corrected chi connectivity index (χ4v) is 7.74. The van der Waals surface area contributed by atoms with Crippen LogP contribution in [0.15, 0.2) is 0 Å². The van der Waals surface area contributed by atoms with Crippen molar-refractivity contribution < 1.29 is 9.90 Å². The number of aliphatic carboxylic acids is 1. The SMILES string of the molecule is CCCCCCCCCCCCCCCCCCCCCCCCCCCCCCCCCCCCCCCCCCCC(Br)C(=O)O. The molecular formula is C45H89BrO2. The molecule has 288 valence electrons. The maximum Gasteiger partial charge on any atom is 0.317 e. The first kappa shape index (κ1) is 48.0. The van der Waals surface area contributed by atoms with Crippen molar-refractivity contribution in [2.24, 2.45) is 0 Å². The molecule has 0 aromatic carbocycles. The predicted octanol–water partition coefficient (Wildman–Crippen LogP) is 17.2. The highest BCUT2D eigenvalue weighted by Gasteiger charge is 2.11. The predicted molar refractivity (Wildman–Crippen MR) is 220 cm³/mol. The summed E-state index contributed by atoms with van der Waals surface area (Å²) in [4.78, 5) is 10.4. The van der Waals surface area contributed by atoms with E-state index in [9.17, 15) is 4.79 Å². The van der Waals surface area contributed by atoms with E-state index < -0.39 is 5.97 Å². The van der Waals surface area contributed by atoms with E-state index in [-0.39, 0.29) is 4.83 Å². The molecule has 0 saturated carbocycles. The molecule has 1 unspecified atom stereocenters. The second-order valence-electron chi connectivity index (χ2n) is 15.7. The molecule has 0 radical (unpaired) electrons. The van der Waals surface area contributed by atoms with Crippen molar-refractivity contribution >= 4 is 21.9 Å². The molecule has 0 saturated heterocycles. The van der Waals surface area contributed by atoms with Gasteiger partial charge in [0.2, 0.25) is 0 Å². The van der Waals surface area contributed by atoms with Gasteiger partial charge < -0.3 is 5.11 Å². The van der Waals surface area contributed by atoms with E-state index in [1.165, 1.54) is 257 Å². The number of carboxylic acid groups (broad SMARTS) is 1. The lowest BCUT2D eigenvalue weighted by Crippen LogP contribution is -2.11. The zero-order chi connectivity index (χ0) is 34.9. The maximum absolute atomic E-state index is 10.8. The first-order valence-corrected chi connectivity index (χ1v) is 23.5. The monoisotopic (exact) mass is 741 g/mol. The minimum absolute atomic E-state index is 0.356. The Morgan fingerprint density at radius 3 is 0.625 bits per heavy atom. The third-order valence-corrected chi connectivity index (χ3v) is 11.7. The quantitative estimate of drug-likeness (QED) is 0.0499. The minimum atomic E-state index is -0.725. The van der Waals surface area contributed by atoms with Crippen LogP contribution in [0, 0.1) is 0 Å². The number of hydrogen-bond donors (Lipinski definition) is 1. The topological polar surface area (TPSA) is 37.3 Å². The van der Waals surface area contributed by atoms with E-state index in [1.807, 2.05) is 0 Å². The maximum atomic E-state index is 10.8. The van der Waals surface area contributed by atoms with Crippen LogP contribution in [-0.4, -0.2) is 15.9 Å². The second-order valence-corrected chi connectivity index (χ2v) is 16.8. The number of hydrogen-bond acceptors (Lipinski definition) is 1. The molecule has 1 atom stereocenters. The number of halogens is 1.